The van der Waals surface area contributed by atoms with Crippen molar-refractivity contribution >= 4 is 16.0 Å². The maximum absolute atomic E-state index is 12.9. The fourth-order valence-electron chi connectivity index (χ4n) is 3.24. The lowest BCUT2D eigenvalue weighted by Gasteiger charge is -2.17. The van der Waals surface area contributed by atoms with Gasteiger partial charge in [-0.3, -0.25) is 4.68 Å². The predicted octanol–water partition coefficient (Wildman–Crippen LogP) is 4.10. The van der Waals surface area contributed by atoms with Crippen LogP contribution in [0.2, 0.25) is 0 Å². The molecular formula is C23H23N5O4S. The first-order valence-corrected chi connectivity index (χ1v) is 11.5. The van der Waals surface area contributed by atoms with E-state index in [-0.39, 0.29) is 22.5 Å². The van der Waals surface area contributed by atoms with Gasteiger partial charge in [-0.2, -0.15) is 10.1 Å². The minimum Gasteiger partial charge on any atom is -0.490 e. The van der Waals surface area contributed by atoms with Crippen LogP contribution in [0.5, 0.6) is 17.4 Å². The van der Waals surface area contributed by atoms with E-state index in [0.29, 0.717) is 11.4 Å². The quantitative estimate of drug-likeness (QED) is 0.438. The maximum Gasteiger partial charge on any atom is 0.268 e. The maximum atomic E-state index is 12.9. The van der Waals surface area contributed by atoms with Crippen molar-refractivity contribution in [1.29, 1.82) is 0 Å². The molecule has 0 spiro atoms. The lowest BCUT2D eigenvalue weighted by molar-refractivity contribution is 0.368. The van der Waals surface area contributed by atoms with Gasteiger partial charge in [-0.25, -0.2) is 18.1 Å². The molecule has 2 heterocycles. The lowest BCUT2D eigenvalue weighted by atomic mass is 10.1. The second-order valence-corrected chi connectivity index (χ2v) is 9.05. The molecule has 0 aliphatic carbocycles. The summed E-state index contributed by atoms with van der Waals surface area (Å²) in [7, 11) is -0.851. The summed E-state index contributed by atoms with van der Waals surface area (Å²) >= 11 is 0. The lowest BCUT2D eigenvalue weighted by Crippen LogP contribution is -2.15. The number of nitrogens with zero attached hydrogens (tertiary/aromatic N) is 4. The Morgan fingerprint density at radius 3 is 2.30 bits per heavy atom. The number of benzene rings is 2. The molecule has 0 fully saturated rings. The number of para-hydroxylation sites is 1. The number of ether oxygens (including phenoxy) is 2. The Morgan fingerprint density at radius 2 is 1.67 bits per heavy atom. The molecule has 0 saturated carbocycles. The highest BCUT2D eigenvalue weighted by atomic mass is 32.2. The molecule has 0 bridgehead atoms. The largest absolute Gasteiger partial charge is 0.490 e. The number of anilines is 1. The summed E-state index contributed by atoms with van der Waals surface area (Å²) in [6.45, 7) is 3.83. The Morgan fingerprint density at radius 1 is 0.970 bits per heavy atom. The Labute approximate surface area is 192 Å². The van der Waals surface area contributed by atoms with Crippen molar-refractivity contribution in [2.24, 2.45) is 7.05 Å². The van der Waals surface area contributed by atoms with Crippen LogP contribution in [0, 0.1) is 13.8 Å². The van der Waals surface area contributed by atoms with Gasteiger partial charge in [-0.15, -0.1) is 0 Å². The Hall–Kier alpha value is -3.92. The third-order valence-corrected chi connectivity index (χ3v) is 6.24. The van der Waals surface area contributed by atoms with E-state index in [9.17, 15) is 8.42 Å². The van der Waals surface area contributed by atoms with Crippen LogP contribution in [0.1, 0.15) is 11.1 Å². The van der Waals surface area contributed by atoms with E-state index in [4.69, 9.17) is 9.47 Å². The fraction of sp³-hybridized carbons (Fsp3) is 0.174. The molecule has 0 atom stereocenters. The third-order valence-electron chi connectivity index (χ3n) is 4.96. The summed E-state index contributed by atoms with van der Waals surface area (Å²) in [6, 6.07) is 15.0. The first-order chi connectivity index (χ1) is 15.8. The van der Waals surface area contributed by atoms with E-state index in [1.807, 2.05) is 56.3 Å². The zero-order chi connectivity index (χ0) is 23.6. The molecule has 0 radical (unpaired) electrons. The van der Waals surface area contributed by atoms with Crippen LogP contribution < -0.4 is 14.2 Å². The predicted molar refractivity (Wildman–Crippen MR) is 124 cm³/mol. The highest BCUT2D eigenvalue weighted by molar-refractivity contribution is 7.92. The molecule has 2 aromatic carbocycles. The topological polar surface area (TPSA) is 108 Å². The molecule has 10 heteroatoms. The fourth-order valence-corrected chi connectivity index (χ4v) is 4.17. The second-order valence-electron chi connectivity index (χ2n) is 7.37. The highest BCUT2D eigenvalue weighted by Crippen LogP contribution is 2.40. The standard InChI is InChI=1S/C23H23N5O4S/c1-15-9-5-7-11-18(15)20-21(31-4)22(32-19-12-8-6-10-16(19)2)26-23(25-20)27-33(29,30)17-13-24-28(3)14-17/h5-14H,1-4H3,(H,25,26,27). The van der Waals surface area contributed by atoms with Gasteiger partial charge >= 0.3 is 0 Å². The molecule has 4 rings (SSSR count). The van der Waals surface area contributed by atoms with Gasteiger partial charge in [0.15, 0.2) is 0 Å². The van der Waals surface area contributed by atoms with Crippen molar-refractivity contribution in [3.8, 4) is 28.6 Å². The number of aromatic nitrogens is 4. The number of aryl methyl sites for hydroxylation is 3. The zero-order valence-electron chi connectivity index (χ0n) is 18.6. The molecule has 0 saturated heterocycles. The Kier molecular flexibility index (Phi) is 6.01. The summed E-state index contributed by atoms with van der Waals surface area (Å²) in [4.78, 5) is 8.81. The van der Waals surface area contributed by atoms with Crippen LogP contribution >= 0.6 is 0 Å². The van der Waals surface area contributed by atoms with Gasteiger partial charge < -0.3 is 9.47 Å². The van der Waals surface area contributed by atoms with Crippen molar-refractivity contribution in [3.05, 3.63) is 72.1 Å². The minimum atomic E-state index is -3.97. The Bertz CT molecular complexity index is 1420. The summed E-state index contributed by atoms with van der Waals surface area (Å²) in [5.41, 5.74) is 2.97. The van der Waals surface area contributed by atoms with Crippen molar-refractivity contribution < 1.29 is 17.9 Å². The molecule has 4 aromatic rings. The molecule has 33 heavy (non-hydrogen) atoms. The van der Waals surface area contributed by atoms with Gasteiger partial charge in [0.2, 0.25) is 11.7 Å². The second kappa shape index (κ2) is 8.91. The van der Waals surface area contributed by atoms with Crippen molar-refractivity contribution in [2.45, 2.75) is 18.7 Å². The number of hydrogen-bond donors (Lipinski definition) is 1. The van der Waals surface area contributed by atoms with Gasteiger partial charge in [-0.05, 0) is 31.0 Å². The molecular weight excluding hydrogens is 442 g/mol. The molecule has 170 valence electrons. The number of sulfonamides is 1. The van der Waals surface area contributed by atoms with Crippen LogP contribution in [-0.4, -0.2) is 35.3 Å². The van der Waals surface area contributed by atoms with E-state index in [1.54, 1.807) is 13.1 Å². The zero-order valence-corrected chi connectivity index (χ0v) is 19.4. The molecule has 0 amide bonds. The van der Waals surface area contributed by atoms with Gasteiger partial charge in [0, 0.05) is 18.8 Å². The van der Waals surface area contributed by atoms with Crippen molar-refractivity contribution in [2.75, 3.05) is 11.8 Å². The number of rotatable bonds is 7. The van der Waals surface area contributed by atoms with Gasteiger partial charge in [0.05, 0.1) is 13.3 Å². The molecule has 0 aliphatic rings. The van der Waals surface area contributed by atoms with E-state index >= 15 is 0 Å². The molecule has 0 aliphatic heterocycles. The van der Waals surface area contributed by atoms with Crippen LogP contribution in [0.25, 0.3) is 11.3 Å². The normalized spacial score (nSPS) is 11.3. The molecule has 9 nitrogen and oxygen atoms in total. The van der Waals surface area contributed by atoms with Gasteiger partial charge in [0.25, 0.3) is 15.9 Å². The summed E-state index contributed by atoms with van der Waals surface area (Å²) < 4.78 is 41.3. The van der Waals surface area contributed by atoms with Gasteiger partial charge in [0.1, 0.15) is 16.3 Å². The van der Waals surface area contributed by atoms with Crippen LogP contribution in [0.15, 0.2) is 65.8 Å². The van der Waals surface area contributed by atoms with E-state index in [1.165, 1.54) is 24.2 Å². The number of hydrogen-bond acceptors (Lipinski definition) is 7. The molecule has 0 unspecified atom stereocenters. The third kappa shape index (κ3) is 4.65. The molecule has 2 aromatic heterocycles. The average Bonchev–Trinajstić information content (AvgIpc) is 3.23. The first-order valence-electron chi connectivity index (χ1n) is 10.1. The van der Waals surface area contributed by atoms with E-state index in [0.717, 1.165) is 16.7 Å². The van der Waals surface area contributed by atoms with E-state index in [2.05, 4.69) is 19.8 Å². The summed E-state index contributed by atoms with van der Waals surface area (Å²) in [6.07, 6.45) is 2.64. The number of nitrogens with one attached hydrogen (secondary N) is 1. The van der Waals surface area contributed by atoms with Crippen LogP contribution in [0.4, 0.5) is 5.95 Å². The summed E-state index contributed by atoms with van der Waals surface area (Å²) in [5, 5.41) is 3.92. The van der Waals surface area contributed by atoms with Crippen LogP contribution in [-0.2, 0) is 17.1 Å². The first kappa shape index (κ1) is 22.3. The smallest absolute Gasteiger partial charge is 0.268 e. The monoisotopic (exact) mass is 465 g/mol. The molecule has 1 N–H and O–H groups in total. The summed E-state index contributed by atoms with van der Waals surface area (Å²) in [5.74, 6) is 0.786. The highest BCUT2D eigenvalue weighted by Gasteiger charge is 2.24. The SMILES string of the molecule is COc1c(Oc2ccccc2C)nc(NS(=O)(=O)c2cnn(C)c2)nc1-c1ccccc1C. The van der Waals surface area contributed by atoms with Gasteiger partial charge in [-0.1, -0.05) is 42.5 Å². The minimum absolute atomic E-state index is 0.0109. The Balaban J connectivity index is 1.87. The van der Waals surface area contributed by atoms with Crippen molar-refractivity contribution in [1.82, 2.24) is 19.7 Å². The van der Waals surface area contributed by atoms with Crippen LogP contribution in [0.3, 0.4) is 0 Å². The average molecular weight is 466 g/mol. The number of methoxy groups -OCH3 is 1. The van der Waals surface area contributed by atoms with Crippen molar-refractivity contribution in [3.63, 3.8) is 0 Å². The van der Waals surface area contributed by atoms with E-state index < -0.39 is 10.0 Å².